The third-order valence-electron chi connectivity index (χ3n) is 5.43. The molecule has 2 heterocycles. The fraction of sp³-hybridized carbons (Fsp3) is 0.391. The number of aromatic nitrogens is 3. The first-order chi connectivity index (χ1) is 14.2. The summed E-state index contributed by atoms with van der Waals surface area (Å²) in [6.45, 7) is 4.34. The van der Waals surface area contributed by atoms with Gasteiger partial charge in [-0.3, -0.25) is 0 Å². The number of likely N-dealkylation sites (tertiary alicyclic amines) is 1. The van der Waals surface area contributed by atoms with Gasteiger partial charge < -0.3 is 4.90 Å². The van der Waals surface area contributed by atoms with E-state index in [2.05, 4.69) is 17.0 Å². The van der Waals surface area contributed by atoms with Gasteiger partial charge in [0, 0.05) is 11.1 Å². The van der Waals surface area contributed by atoms with Gasteiger partial charge in [-0.05, 0) is 51.0 Å². The van der Waals surface area contributed by atoms with E-state index in [1.54, 1.807) is 0 Å². The van der Waals surface area contributed by atoms with Crippen LogP contribution in [0.5, 0.6) is 0 Å². The zero-order valence-corrected chi connectivity index (χ0v) is 18.0. The average Bonchev–Trinajstić information content (AvgIpc) is 2.99. The van der Waals surface area contributed by atoms with Crippen LogP contribution in [0.4, 0.5) is 0 Å². The Balaban J connectivity index is 1.55. The second-order valence-corrected chi connectivity index (χ2v) is 8.41. The van der Waals surface area contributed by atoms with E-state index in [-0.39, 0.29) is 0 Å². The molecule has 6 heteroatoms. The van der Waals surface area contributed by atoms with Crippen LogP contribution < -0.4 is 0 Å². The Kier molecular flexibility index (Phi) is 6.86. The predicted octanol–water partition coefficient (Wildman–Crippen LogP) is 6.19. The molecule has 1 aromatic heterocycles. The molecule has 29 heavy (non-hydrogen) atoms. The summed E-state index contributed by atoms with van der Waals surface area (Å²) in [5.41, 5.74) is 3.69. The number of aryl methyl sites for hydroxylation is 1. The van der Waals surface area contributed by atoms with Gasteiger partial charge in [-0.15, -0.1) is 0 Å². The largest absolute Gasteiger partial charge is 0.303 e. The van der Waals surface area contributed by atoms with Crippen LogP contribution in [0.2, 0.25) is 10.0 Å². The minimum Gasteiger partial charge on any atom is -0.303 e. The molecule has 0 atom stereocenters. The van der Waals surface area contributed by atoms with E-state index in [9.17, 15) is 0 Å². The first kappa shape index (κ1) is 20.4. The Hall–Kier alpha value is -1.88. The molecule has 1 aliphatic heterocycles. The molecule has 0 radical (unpaired) electrons. The summed E-state index contributed by atoms with van der Waals surface area (Å²) in [6.07, 6.45) is 6.42. The summed E-state index contributed by atoms with van der Waals surface area (Å²) in [7, 11) is 0. The first-order valence-corrected chi connectivity index (χ1v) is 11.1. The highest BCUT2D eigenvalue weighted by Crippen LogP contribution is 2.32. The number of benzene rings is 2. The maximum absolute atomic E-state index is 6.26. The van der Waals surface area contributed by atoms with E-state index in [1.165, 1.54) is 38.8 Å². The lowest BCUT2D eigenvalue weighted by molar-refractivity contribution is 0.271. The molecule has 0 N–H and O–H groups in total. The van der Waals surface area contributed by atoms with E-state index < -0.39 is 0 Å². The normalized spacial score (nSPS) is 15.4. The van der Waals surface area contributed by atoms with Crippen molar-refractivity contribution >= 4 is 23.2 Å². The summed E-state index contributed by atoms with van der Waals surface area (Å²) in [6, 6.07) is 15.8. The summed E-state index contributed by atoms with van der Waals surface area (Å²) in [5.74, 6) is 0. The van der Waals surface area contributed by atoms with Crippen LogP contribution in [-0.2, 0) is 6.54 Å². The van der Waals surface area contributed by atoms with Gasteiger partial charge in [-0.2, -0.15) is 15.0 Å². The molecule has 3 aromatic rings. The lowest BCUT2D eigenvalue weighted by Crippen LogP contribution is -2.26. The lowest BCUT2D eigenvalue weighted by Gasteiger charge is -2.19. The number of halogens is 2. The SMILES string of the molecule is Clc1ccc(-c2nn(CCCN3CCCCCC3)nc2-c2ccccc2)cc1Cl. The van der Waals surface area contributed by atoms with Gasteiger partial charge in [-0.25, -0.2) is 0 Å². The Morgan fingerprint density at radius 2 is 1.41 bits per heavy atom. The third-order valence-corrected chi connectivity index (χ3v) is 6.17. The predicted molar refractivity (Wildman–Crippen MR) is 120 cm³/mol. The van der Waals surface area contributed by atoms with Crippen LogP contribution in [0.1, 0.15) is 32.1 Å². The maximum Gasteiger partial charge on any atom is 0.121 e. The molecular formula is C23H26Cl2N4. The molecule has 1 saturated heterocycles. The van der Waals surface area contributed by atoms with Crippen molar-refractivity contribution in [1.82, 2.24) is 19.9 Å². The number of rotatable bonds is 6. The van der Waals surface area contributed by atoms with E-state index in [0.29, 0.717) is 10.0 Å². The molecule has 4 rings (SSSR count). The van der Waals surface area contributed by atoms with E-state index in [0.717, 1.165) is 42.0 Å². The van der Waals surface area contributed by atoms with Gasteiger partial charge in [0.25, 0.3) is 0 Å². The van der Waals surface area contributed by atoms with Crippen LogP contribution in [0, 0.1) is 0 Å². The summed E-state index contributed by atoms with van der Waals surface area (Å²) in [4.78, 5) is 4.41. The summed E-state index contributed by atoms with van der Waals surface area (Å²) in [5, 5.41) is 10.7. The van der Waals surface area contributed by atoms with Crippen molar-refractivity contribution in [3.05, 3.63) is 58.6 Å². The van der Waals surface area contributed by atoms with Crippen LogP contribution >= 0.6 is 23.2 Å². The van der Waals surface area contributed by atoms with Crippen molar-refractivity contribution < 1.29 is 0 Å². The molecule has 1 aliphatic rings. The number of hydrogen-bond acceptors (Lipinski definition) is 3. The molecule has 0 saturated carbocycles. The van der Waals surface area contributed by atoms with Crippen LogP contribution in [0.25, 0.3) is 22.5 Å². The average molecular weight is 429 g/mol. The highest BCUT2D eigenvalue weighted by molar-refractivity contribution is 6.42. The van der Waals surface area contributed by atoms with E-state index in [1.807, 2.05) is 41.2 Å². The van der Waals surface area contributed by atoms with Crippen LogP contribution in [-0.4, -0.2) is 39.5 Å². The minimum atomic E-state index is 0.527. The zero-order chi connectivity index (χ0) is 20.1. The molecule has 0 unspecified atom stereocenters. The van der Waals surface area contributed by atoms with Crippen LogP contribution in [0.3, 0.4) is 0 Å². The third kappa shape index (κ3) is 5.19. The zero-order valence-electron chi connectivity index (χ0n) is 16.5. The van der Waals surface area contributed by atoms with Gasteiger partial charge in [-0.1, -0.05) is 72.4 Å². The second kappa shape index (κ2) is 9.75. The topological polar surface area (TPSA) is 34.0 Å². The van der Waals surface area contributed by atoms with Crippen molar-refractivity contribution in [3.63, 3.8) is 0 Å². The molecular weight excluding hydrogens is 403 g/mol. The molecule has 4 nitrogen and oxygen atoms in total. The highest BCUT2D eigenvalue weighted by atomic mass is 35.5. The molecule has 2 aromatic carbocycles. The molecule has 0 bridgehead atoms. The smallest absolute Gasteiger partial charge is 0.121 e. The molecule has 0 aliphatic carbocycles. The quantitative estimate of drug-likeness (QED) is 0.469. The Labute approximate surface area is 182 Å². The van der Waals surface area contributed by atoms with Gasteiger partial charge in [0.15, 0.2) is 0 Å². The summed E-state index contributed by atoms with van der Waals surface area (Å²) < 4.78 is 0. The standard InChI is InChI=1S/C23H26Cl2N4/c24-20-12-11-19(17-21(20)25)23-22(18-9-4-3-5-10-18)26-29(27-23)16-8-15-28-13-6-1-2-7-14-28/h3-5,9-12,17H,1-2,6-8,13-16H2. The first-order valence-electron chi connectivity index (χ1n) is 10.4. The Morgan fingerprint density at radius 1 is 0.724 bits per heavy atom. The number of hydrogen-bond donors (Lipinski definition) is 0. The van der Waals surface area contributed by atoms with Crippen molar-refractivity contribution in [3.8, 4) is 22.5 Å². The fourth-order valence-corrected chi connectivity index (χ4v) is 4.17. The molecule has 0 spiro atoms. The van der Waals surface area contributed by atoms with Gasteiger partial charge in [0.05, 0.1) is 16.6 Å². The van der Waals surface area contributed by atoms with Crippen molar-refractivity contribution in [1.29, 1.82) is 0 Å². The van der Waals surface area contributed by atoms with Gasteiger partial charge >= 0.3 is 0 Å². The van der Waals surface area contributed by atoms with Crippen molar-refractivity contribution in [2.75, 3.05) is 19.6 Å². The lowest BCUT2D eigenvalue weighted by atomic mass is 10.1. The number of nitrogens with zero attached hydrogens (tertiary/aromatic N) is 4. The molecule has 1 fully saturated rings. The minimum absolute atomic E-state index is 0.527. The van der Waals surface area contributed by atoms with Crippen LogP contribution in [0.15, 0.2) is 48.5 Å². The van der Waals surface area contributed by atoms with Gasteiger partial charge in [0.2, 0.25) is 0 Å². The monoisotopic (exact) mass is 428 g/mol. The van der Waals surface area contributed by atoms with E-state index in [4.69, 9.17) is 33.4 Å². The van der Waals surface area contributed by atoms with Gasteiger partial charge in [0.1, 0.15) is 11.4 Å². The maximum atomic E-state index is 6.26. The highest BCUT2D eigenvalue weighted by Gasteiger charge is 2.16. The second-order valence-electron chi connectivity index (χ2n) is 7.60. The molecule has 0 amide bonds. The Morgan fingerprint density at radius 3 is 2.10 bits per heavy atom. The Bertz CT molecular complexity index is 931. The van der Waals surface area contributed by atoms with Crippen molar-refractivity contribution in [2.45, 2.75) is 38.6 Å². The summed E-state index contributed by atoms with van der Waals surface area (Å²) >= 11 is 12.4. The van der Waals surface area contributed by atoms with E-state index >= 15 is 0 Å². The fourth-order valence-electron chi connectivity index (χ4n) is 3.87. The molecule has 152 valence electrons. The van der Waals surface area contributed by atoms with Crippen molar-refractivity contribution in [2.24, 2.45) is 0 Å².